The number of imidazole rings is 1. The van der Waals surface area contributed by atoms with E-state index in [1.54, 1.807) is 30.7 Å². The number of pyridine rings is 2. The lowest BCUT2D eigenvalue weighted by Gasteiger charge is -2.13. The van der Waals surface area contributed by atoms with Crippen LogP contribution in [0.4, 0.5) is 0 Å². The van der Waals surface area contributed by atoms with Crippen molar-refractivity contribution in [1.82, 2.24) is 34.3 Å². The van der Waals surface area contributed by atoms with Crippen molar-refractivity contribution in [3.05, 3.63) is 70.7 Å². The molecular weight excluding hydrogens is 382 g/mol. The number of hydrogen-bond acceptors (Lipinski definition) is 6. The number of aromatic amines is 1. The van der Waals surface area contributed by atoms with Crippen molar-refractivity contribution in [2.24, 2.45) is 0 Å². The van der Waals surface area contributed by atoms with Crippen LogP contribution in [-0.4, -0.2) is 34.3 Å². The Balaban J connectivity index is 1.61. The normalized spacial score (nSPS) is 11.6. The van der Waals surface area contributed by atoms with Gasteiger partial charge in [-0.05, 0) is 32.0 Å². The highest BCUT2D eigenvalue weighted by atomic mass is 16.5. The summed E-state index contributed by atoms with van der Waals surface area (Å²) >= 11 is 0. The molecule has 1 N–H and O–H groups in total. The number of nitrogens with one attached hydrogen (secondary N) is 1. The van der Waals surface area contributed by atoms with E-state index in [-0.39, 0.29) is 11.1 Å². The topological polar surface area (TPSA) is 104 Å². The van der Waals surface area contributed by atoms with Gasteiger partial charge in [0, 0.05) is 23.9 Å². The maximum Gasteiger partial charge on any atom is 0.349 e. The van der Waals surface area contributed by atoms with E-state index in [2.05, 4.69) is 25.0 Å². The third-order valence-corrected chi connectivity index (χ3v) is 4.49. The van der Waals surface area contributed by atoms with Gasteiger partial charge in [0.2, 0.25) is 0 Å². The summed E-state index contributed by atoms with van der Waals surface area (Å²) in [5.74, 6) is 2.94. The van der Waals surface area contributed by atoms with E-state index in [1.165, 1.54) is 4.68 Å². The monoisotopic (exact) mass is 405 g/mol. The highest BCUT2D eigenvalue weighted by Gasteiger charge is 2.20. The van der Waals surface area contributed by atoms with Gasteiger partial charge in [0.25, 0.3) is 0 Å². The van der Waals surface area contributed by atoms with Gasteiger partial charge in [-0.25, -0.2) is 19.7 Å². The summed E-state index contributed by atoms with van der Waals surface area (Å²) in [6.45, 7) is 9.70. The average Bonchev–Trinajstić information content (AvgIpc) is 3.29. The quantitative estimate of drug-likeness (QED) is 0.559. The van der Waals surface area contributed by atoms with Gasteiger partial charge in [0.05, 0.1) is 11.4 Å². The molecule has 0 atom stereocenters. The molecule has 154 valence electrons. The Morgan fingerprint density at radius 3 is 2.50 bits per heavy atom. The first-order chi connectivity index (χ1) is 14.2. The second-order valence-corrected chi connectivity index (χ2v) is 8.07. The van der Waals surface area contributed by atoms with Crippen LogP contribution in [0.3, 0.4) is 0 Å². The first-order valence-corrected chi connectivity index (χ1v) is 9.53. The molecule has 0 aliphatic rings. The Kier molecular flexibility index (Phi) is 4.73. The first kappa shape index (κ1) is 19.6. The summed E-state index contributed by atoms with van der Waals surface area (Å²) in [6.07, 6.45) is 5.27. The van der Waals surface area contributed by atoms with Gasteiger partial charge in [-0.3, -0.25) is 9.55 Å². The van der Waals surface area contributed by atoms with Crippen LogP contribution in [0.5, 0.6) is 11.5 Å². The van der Waals surface area contributed by atoms with Crippen LogP contribution in [0.25, 0.3) is 11.6 Å². The molecule has 0 saturated heterocycles. The highest BCUT2D eigenvalue weighted by Crippen LogP contribution is 2.26. The standard InChI is InChI=1S/C21H23N7O2/c1-13-11-27(12-23-13)18-10-15(8-9-22-18)30-16-6-7-17(24-14(16)2)28-20(29)25-19(26-28)21(3,4)5/h6-12H,1-5H3,(H,25,26,29). The fourth-order valence-electron chi connectivity index (χ4n) is 2.86. The van der Waals surface area contributed by atoms with Gasteiger partial charge in [-0.1, -0.05) is 20.8 Å². The zero-order valence-electron chi connectivity index (χ0n) is 17.5. The van der Waals surface area contributed by atoms with Gasteiger partial charge in [0.1, 0.15) is 29.5 Å². The third kappa shape index (κ3) is 3.86. The smallest absolute Gasteiger partial charge is 0.349 e. The zero-order valence-corrected chi connectivity index (χ0v) is 17.5. The lowest BCUT2D eigenvalue weighted by molar-refractivity contribution is 0.474. The summed E-state index contributed by atoms with van der Waals surface area (Å²) in [4.78, 5) is 28.2. The number of aromatic nitrogens is 7. The van der Waals surface area contributed by atoms with E-state index in [1.807, 2.05) is 51.4 Å². The van der Waals surface area contributed by atoms with E-state index in [0.717, 1.165) is 5.69 Å². The molecule has 4 rings (SSSR count). The third-order valence-electron chi connectivity index (χ3n) is 4.49. The largest absolute Gasteiger partial charge is 0.455 e. The van der Waals surface area contributed by atoms with Gasteiger partial charge in [-0.15, -0.1) is 5.10 Å². The van der Waals surface area contributed by atoms with Crippen molar-refractivity contribution in [3.8, 4) is 23.1 Å². The maximum atomic E-state index is 12.3. The fraction of sp³-hybridized carbons (Fsp3) is 0.286. The van der Waals surface area contributed by atoms with Crippen LogP contribution in [0.15, 0.2) is 47.8 Å². The Morgan fingerprint density at radius 2 is 1.87 bits per heavy atom. The molecule has 0 aromatic carbocycles. The molecule has 4 aromatic rings. The van der Waals surface area contributed by atoms with Crippen LogP contribution in [0.2, 0.25) is 0 Å². The van der Waals surface area contributed by atoms with Crippen molar-refractivity contribution in [1.29, 1.82) is 0 Å². The SMILES string of the molecule is Cc1cn(-c2cc(Oc3ccc(-n4nc(C(C)(C)C)[nH]c4=O)nc3C)ccn2)cn1. The van der Waals surface area contributed by atoms with Crippen molar-refractivity contribution >= 4 is 0 Å². The van der Waals surface area contributed by atoms with Crippen LogP contribution >= 0.6 is 0 Å². The maximum absolute atomic E-state index is 12.3. The van der Waals surface area contributed by atoms with E-state index in [4.69, 9.17) is 4.74 Å². The van der Waals surface area contributed by atoms with E-state index < -0.39 is 0 Å². The van der Waals surface area contributed by atoms with Gasteiger partial charge >= 0.3 is 5.69 Å². The molecule has 30 heavy (non-hydrogen) atoms. The Hall–Kier alpha value is -3.75. The van der Waals surface area contributed by atoms with E-state index in [0.29, 0.717) is 34.7 Å². The number of hydrogen-bond donors (Lipinski definition) is 1. The predicted octanol–water partition coefficient (Wildman–Crippen LogP) is 3.24. The number of aryl methyl sites for hydroxylation is 2. The molecule has 0 unspecified atom stereocenters. The highest BCUT2D eigenvalue weighted by molar-refractivity contribution is 5.40. The summed E-state index contributed by atoms with van der Waals surface area (Å²) in [5.41, 5.74) is 0.948. The Labute approximate surface area is 173 Å². The number of rotatable bonds is 4. The lowest BCUT2D eigenvalue weighted by atomic mass is 9.96. The predicted molar refractivity (Wildman–Crippen MR) is 112 cm³/mol. The molecule has 0 saturated carbocycles. The molecular formula is C21H23N7O2. The molecule has 0 fully saturated rings. The minimum atomic E-state index is -0.324. The lowest BCUT2D eigenvalue weighted by Crippen LogP contribution is -2.17. The van der Waals surface area contributed by atoms with Gasteiger partial charge in [0.15, 0.2) is 5.82 Å². The van der Waals surface area contributed by atoms with Crippen molar-refractivity contribution in [2.75, 3.05) is 0 Å². The minimum Gasteiger partial charge on any atom is -0.455 e. The number of nitrogens with zero attached hydrogens (tertiary/aromatic N) is 6. The molecule has 0 amide bonds. The first-order valence-electron chi connectivity index (χ1n) is 9.53. The van der Waals surface area contributed by atoms with Crippen molar-refractivity contribution in [2.45, 2.75) is 40.0 Å². The van der Waals surface area contributed by atoms with Gasteiger partial charge < -0.3 is 4.74 Å². The molecule has 0 radical (unpaired) electrons. The summed E-state index contributed by atoms with van der Waals surface area (Å²) in [6, 6.07) is 7.08. The molecule has 4 aromatic heterocycles. The Morgan fingerprint density at radius 1 is 1.07 bits per heavy atom. The molecule has 9 nitrogen and oxygen atoms in total. The number of ether oxygens (including phenoxy) is 1. The molecule has 0 spiro atoms. The fourth-order valence-corrected chi connectivity index (χ4v) is 2.86. The van der Waals surface area contributed by atoms with Crippen LogP contribution in [0.1, 0.15) is 38.0 Å². The summed E-state index contributed by atoms with van der Waals surface area (Å²) in [7, 11) is 0. The van der Waals surface area contributed by atoms with Crippen LogP contribution in [-0.2, 0) is 5.41 Å². The second-order valence-electron chi connectivity index (χ2n) is 8.07. The molecule has 0 aliphatic carbocycles. The van der Waals surface area contributed by atoms with Gasteiger partial charge in [-0.2, -0.15) is 4.68 Å². The van der Waals surface area contributed by atoms with Crippen molar-refractivity contribution in [3.63, 3.8) is 0 Å². The second kappa shape index (κ2) is 7.25. The molecule has 4 heterocycles. The molecule has 0 aliphatic heterocycles. The zero-order chi connectivity index (χ0) is 21.5. The molecule has 0 bridgehead atoms. The van der Waals surface area contributed by atoms with Crippen LogP contribution in [0, 0.1) is 13.8 Å². The number of H-pyrrole nitrogens is 1. The average molecular weight is 405 g/mol. The van der Waals surface area contributed by atoms with Crippen LogP contribution < -0.4 is 10.4 Å². The summed E-state index contributed by atoms with van der Waals surface area (Å²) in [5, 5.41) is 4.38. The Bertz CT molecular complexity index is 1260. The summed E-state index contributed by atoms with van der Waals surface area (Å²) < 4.78 is 9.10. The minimum absolute atomic E-state index is 0.269. The van der Waals surface area contributed by atoms with E-state index >= 15 is 0 Å². The van der Waals surface area contributed by atoms with E-state index in [9.17, 15) is 4.79 Å². The molecule has 9 heteroatoms. The van der Waals surface area contributed by atoms with Crippen molar-refractivity contribution < 1.29 is 4.74 Å².